The number of aliphatic hydroxyl groups is 1. The summed E-state index contributed by atoms with van der Waals surface area (Å²) in [5, 5.41) is 74.3. The van der Waals surface area contributed by atoms with E-state index in [2.05, 4.69) is 47.9 Å². The van der Waals surface area contributed by atoms with Gasteiger partial charge in [-0.25, -0.2) is 0 Å². The van der Waals surface area contributed by atoms with Crippen molar-refractivity contribution in [1.29, 1.82) is 0 Å². The first kappa shape index (κ1) is 80.1. The summed E-state index contributed by atoms with van der Waals surface area (Å²) >= 11 is 1.67. The van der Waals surface area contributed by atoms with Crippen LogP contribution in [0.15, 0.2) is 34.1 Å². The van der Waals surface area contributed by atoms with Gasteiger partial charge in [0.25, 0.3) is 11.8 Å². The van der Waals surface area contributed by atoms with Crippen molar-refractivity contribution in [3.63, 3.8) is 0 Å². The molecule has 0 saturated heterocycles. The van der Waals surface area contributed by atoms with Gasteiger partial charge in [-0.05, 0) is 57.9 Å². The number of aliphatic hydroxyl groups excluding tert-OH is 1. The average Bonchev–Trinajstić information content (AvgIpc) is 1.72. The van der Waals surface area contributed by atoms with E-state index in [1.54, 1.807) is 0 Å². The summed E-state index contributed by atoms with van der Waals surface area (Å²) in [6.45, 7) is -0.645. The second-order valence-electron chi connectivity index (χ2n) is 21.7. The van der Waals surface area contributed by atoms with E-state index in [-0.39, 0.29) is 98.5 Å². The van der Waals surface area contributed by atoms with E-state index in [9.17, 15) is 87.5 Å². The van der Waals surface area contributed by atoms with Crippen LogP contribution in [0.5, 0.6) is 23.5 Å². The van der Waals surface area contributed by atoms with Crippen molar-refractivity contribution >= 4 is 106 Å². The fourth-order valence-corrected chi connectivity index (χ4v) is 10.9. The SMILES string of the molecule is CC(=O)NC(CNC(=O)CCn1c(O)cc(SCC(NC(=O)C(N)CCCCNC(=O)CCO)C(N)=O)c1O)C(=O)NC(CCCCNC(=O)CCN1C(=O)C=CC1=O)C(=O)NC(CNC(=O)CCn1c(O)cc(SCC(NC(=O)C(N)CCCCN)C(N)=O)c1O)C(N)=O. The Morgan fingerprint density at radius 1 is 0.484 bits per heavy atom. The maximum absolute atomic E-state index is 14.0. The zero-order chi connectivity index (χ0) is 70.9. The number of nitrogens with one attached hydrogen (secondary N) is 9. The molecule has 3 rings (SSSR count). The van der Waals surface area contributed by atoms with Crippen LogP contribution in [0.25, 0.3) is 0 Å². The van der Waals surface area contributed by atoms with E-state index in [1.165, 1.54) is 0 Å². The number of aromatic hydroxyl groups is 4. The lowest BCUT2D eigenvalue weighted by Gasteiger charge is -2.25. The number of aromatic nitrogens is 2. The Labute approximate surface area is 553 Å². The molecular weight excluding hydrogens is 1290 g/mol. The number of amides is 14. The second kappa shape index (κ2) is 41.5. The molecule has 528 valence electrons. The molecule has 0 aromatic carbocycles. The molecule has 2 aromatic rings. The molecule has 0 spiro atoms. The van der Waals surface area contributed by atoms with Crippen LogP contribution in [-0.4, -0.2) is 222 Å². The number of carbonyl (C=O) groups is 14. The maximum atomic E-state index is 14.0. The highest BCUT2D eigenvalue weighted by Crippen LogP contribution is 2.37. The van der Waals surface area contributed by atoms with Crippen LogP contribution in [-0.2, 0) is 80.2 Å². The van der Waals surface area contributed by atoms with E-state index < -0.39 is 169 Å². The summed E-state index contributed by atoms with van der Waals surface area (Å²) < 4.78 is 1.89. The molecule has 0 saturated carbocycles. The minimum absolute atomic E-state index is 0.0166. The van der Waals surface area contributed by atoms with Gasteiger partial charge in [0.15, 0.2) is 11.8 Å². The van der Waals surface area contributed by atoms with Gasteiger partial charge in [0.05, 0.1) is 28.5 Å². The summed E-state index contributed by atoms with van der Waals surface area (Å²) in [5.41, 5.74) is 34.0. The van der Waals surface area contributed by atoms with Crippen LogP contribution in [0.4, 0.5) is 0 Å². The number of hydrogen-bond acceptors (Lipinski definition) is 24. The molecule has 0 bridgehead atoms. The van der Waals surface area contributed by atoms with Gasteiger partial charge in [-0.1, -0.05) is 6.42 Å². The predicted octanol–water partition coefficient (Wildman–Crippen LogP) is -7.04. The molecule has 2 aromatic heterocycles. The largest absolute Gasteiger partial charge is 0.494 e. The van der Waals surface area contributed by atoms with Gasteiger partial charge in [-0.2, -0.15) is 0 Å². The van der Waals surface area contributed by atoms with Gasteiger partial charge in [-0.3, -0.25) is 81.2 Å². The van der Waals surface area contributed by atoms with Crippen LogP contribution in [0.3, 0.4) is 0 Å². The first-order chi connectivity index (χ1) is 45.0. The number of imide groups is 1. The van der Waals surface area contributed by atoms with Gasteiger partial charge < -0.3 is 108 Å². The van der Waals surface area contributed by atoms with Crippen LogP contribution in [0, 0.1) is 0 Å². The van der Waals surface area contributed by atoms with E-state index in [0.29, 0.717) is 45.2 Å². The van der Waals surface area contributed by atoms with Crippen LogP contribution in [0.2, 0.25) is 0 Å². The summed E-state index contributed by atoms with van der Waals surface area (Å²) in [6, 6.07) is -6.97. The van der Waals surface area contributed by atoms with Crippen molar-refractivity contribution in [1.82, 2.24) is 61.9 Å². The minimum Gasteiger partial charge on any atom is -0.494 e. The van der Waals surface area contributed by atoms with Gasteiger partial charge >= 0.3 is 0 Å². The van der Waals surface area contributed by atoms with Gasteiger partial charge in [0.2, 0.25) is 82.6 Å². The predicted molar refractivity (Wildman–Crippen MR) is 340 cm³/mol. The van der Waals surface area contributed by atoms with E-state index in [4.69, 9.17) is 39.5 Å². The van der Waals surface area contributed by atoms with Crippen molar-refractivity contribution in [2.24, 2.45) is 34.4 Å². The summed E-state index contributed by atoms with van der Waals surface area (Å²) in [6.07, 6.45) is 3.65. The van der Waals surface area contributed by atoms with E-state index in [1.807, 2.05) is 0 Å². The fraction of sp³-hybridized carbons (Fsp3) is 0.571. The lowest BCUT2D eigenvalue weighted by Crippen LogP contribution is -2.59. The summed E-state index contributed by atoms with van der Waals surface area (Å²) in [4.78, 5) is 178. The lowest BCUT2D eigenvalue weighted by molar-refractivity contribution is -0.137. The number of unbranched alkanes of at least 4 members (excludes halogenated alkanes) is 3. The number of primary amides is 3. The topological polar surface area (TPSA) is 618 Å². The monoisotopic (exact) mass is 1380 g/mol. The molecule has 37 nitrogen and oxygen atoms in total. The Morgan fingerprint density at radius 3 is 1.32 bits per heavy atom. The molecule has 14 amide bonds. The number of hydrogen-bond donors (Lipinski definition) is 20. The molecule has 7 atom stereocenters. The van der Waals surface area contributed by atoms with Gasteiger partial charge in [0.1, 0.15) is 30.2 Å². The molecule has 3 heterocycles. The third-order valence-electron chi connectivity index (χ3n) is 14.2. The Kier molecular flexibility index (Phi) is 35.0. The second-order valence-corrected chi connectivity index (χ2v) is 23.8. The van der Waals surface area contributed by atoms with Crippen molar-refractivity contribution < 1.29 is 92.7 Å². The molecule has 0 radical (unpaired) electrons. The van der Waals surface area contributed by atoms with Crippen molar-refractivity contribution in [3.05, 3.63) is 24.3 Å². The normalized spacial score (nSPS) is 14.1. The molecule has 1 aliphatic rings. The van der Waals surface area contributed by atoms with Gasteiger partial charge in [-0.15, -0.1) is 23.5 Å². The van der Waals surface area contributed by atoms with Crippen LogP contribution < -0.4 is 82.3 Å². The molecule has 95 heavy (non-hydrogen) atoms. The van der Waals surface area contributed by atoms with Crippen molar-refractivity contribution in [3.8, 4) is 23.5 Å². The standard InChI is InChI=1S/C56H88N18O19S2/c1-30(76)67-35(27-66-42(79)15-22-74-47(84)25-39(56(74)93)95-29-37(50(62)87)71-52(89)32(59)9-3-6-18-64-43(80)16-23-75)54(91)68-33(10-4-7-19-63-40(77)13-20-72-44(81)11-12-45(72)82)53(90)69-34(48(60)85)26-65-41(78)14-21-73-46(83)24-38(55(73)92)94-28-36(49(61)86)70-51(88)31(58)8-2-5-17-57/h11-12,24-25,31-37,75,83-84,92-93H,2-10,13-23,26-29,57-59H2,1H3,(H2,60,85)(H2,61,86)(H2,62,87)(H,63,77)(H,64,80)(H,65,78)(H,66,79)(H,67,76)(H,68,91)(H,69,90)(H,70,88)(H,71,89). The van der Waals surface area contributed by atoms with Crippen molar-refractivity contribution in [2.75, 3.05) is 57.4 Å². The third-order valence-corrected chi connectivity index (χ3v) is 16.4. The fourth-order valence-electron chi connectivity index (χ4n) is 8.81. The number of rotatable bonds is 47. The molecule has 1 aliphatic heterocycles. The van der Waals surface area contributed by atoms with Crippen LogP contribution in [0.1, 0.15) is 90.4 Å². The highest BCUT2D eigenvalue weighted by Gasteiger charge is 2.31. The van der Waals surface area contributed by atoms with Gasteiger partial charge in [0, 0.05) is 114 Å². The van der Waals surface area contributed by atoms with E-state index in [0.717, 1.165) is 68.8 Å². The number of carbonyl (C=O) groups excluding carboxylic acids is 14. The zero-order valence-corrected chi connectivity index (χ0v) is 54.0. The lowest BCUT2D eigenvalue weighted by atomic mass is 10.1. The molecule has 26 N–H and O–H groups in total. The maximum Gasteiger partial charge on any atom is 0.253 e. The average molecular weight is 1380 g/mol. The highest BCUT2D eigenvalue weighted by atomic mass is 32.2. The number of nitrogens with zero attached hydrogens (tertiary/aromatic N) is 3. The minimum atomic E-state index is -1.64. The van der Waals surface area contributed by atoms with Crippen LogP contribution >= 0.6 is 23.5 Å². The third kappa shape index (κ3) is 28.5. The Bertz CT molecular complexity index is 3050. The number of thioether (sulfide) groups is 2. The Morgan fingerprint density at radius 2 is 0.874 bits per heavy atom. The molecule has 39 heteroatoms. The quantitative estimate of drug-likeness (QED) is 0.0166. The molecule has 0 aliphatic carbocycles. The summed E-state index contributed by atoms with van der Waals surface area (Å²) in [7, 11) is 0. The van der Waals surface area contributed by atoms with E-state index >= 15 is 0 Å². The van der Waals surface area contributed by atoms with Crippen molar-refractivity contribution in [2.45, 2.75) is 156 Å². The molecule has 7 unspecified atom stereocenters. The zero-order valence-electron chi connectivity index (χ0n) is 52.4. The Hall–Kier alpha value is -9.18. The number of nitrogens with two attached hydrogens (primary N) is 6. The molecule has 0 fully saturated rings. The first-order valence-corrected chi connectivity index (χ1v) is 32.2. The summed E-state index contributed by atoms with van der Waals surface area (Å²) in [5.74, 6) is -13.2. The first-order valence-electron chi connectivity index (χ1n) is 30.3. The highest BCUT2D eigenvalue weighted by molar-refractivity contribution is 7.99. The Balaban J connectivity index is 1.66. The molecular formula is C56H88N18O19S2. The smallest absolute Gasteiger partial charge is 0.253 e.